The zero-order valence-electron chi connectivity index (χ0n) is 14.7. The molecule has 0 bridgehead atoms. The van der Waals surface area contributed by atoms with Gasteiger partial charge in [-0.2, -0.15) is 0 Å². The summed E-state index contributed by atoms with van der Waals surface area (Å²) in [6.07, 6.45) is 4.77. The van der Waals surface area contributed by atoms with E-state index in [1.807, 2.05) is 0 Å². The predicted octanol–water partition coefficient (Wildman–Crippen LogP) is 4.47. The Morgan fingerprint density at radius 3 is 2.52 bits per heavy atom. The van der Waals surface area contributed by atoms with Gasteiger partial charge in [-0.1, -0.05) is 12.1 Å². The van der Waals surface area contributed by atoms with Crippen LogP contribution in [0, 0.1) is 6.92 Å². The Balaban J connectivity index is 2.36. The number of carbonyl (C=O) groups excluding carboxylic acids is 1. The molecule has 1 heterocycles. The van der Waals surface area contributed by atoms with E-state index in [1.165, 1.54) is 24.0 Å². The lowest BCUT2D eigenvalue weighted by Gasteiger charge is -2.26. The Kier molecular flexibility index (Phi) is 4.38. The minimum Gasteiger partial charge on any atom is -0.357 e. The smallest absolute Gasteiger partial charge is 0.163 e. The molecule has 1 aromatic heterocycles. The first-order chi connectivity index (χ1) is 11.1. The molecule has 122 valence electrons. The highest BCUT2D eigenvalue weighted by molar-refractivity contribution is 6.05. The standard InChI is InChI=1S/C20H26N2O/c1-5-22(6-2)20-18(14(4)23)13(3)16-12-11-15-9-7-8-10-17(15)19(16)21-20/h11-12H,5-10H2,1-4H3. The molecule has 0 spiro atoms. The van der Waals surface area contributed by atoms with E-state index >= 15 is 0 Å². The van der Waals surface area contributed by atoms with Gasteiger partial charge in [0.1, 0.15) is 5.82 Å². The van der Waals surface area contributed by atoms with Crippen LogP contribution in [0.2, 0.25) is 0 Å². The molecule has 0 saturated carbocycles. The summed E-state index contributed by atoms with van der Waals surface area (Å²) in [5.41, 5.74) is 5.83. The maximum atomic E-state index is 12.3. The first-order valence-corrected chi connectivity index (χ1v) is 8.79. The molecular formula is C20H26N2O. The van der Waals surface area contributed by atoms with Crippen LogP contribution < -0.4 is 4.90 Å². The average molecular weight is 310 g/mol. The first kappa shape index (κ1) is 16.0. The summed E-state index contributed by atoms with van der Waals surface area (Å²) < 4.78 is 0. The normalized spacial score (nSPS) is 13.9. The summed E-state index contributed by atoms with van der Waals surface area (Å²) in [6, 6.07) is 4.41. The summed E-state index contributed by atoms with van der Waals surface area (Å²) in [4.78, 5) is 19.5. The maximum absolute atomic E-state index is 12.3. The van der Waals surface area contributed by atoms with Gasteiger partial charge in [0.15, 0.2) is 5.78 Å². The average Bonchev–Trinajstić information content (AvgIpc) is 2.55. The van der Waals surface area contributed by atoms with E-state index in [1.54, 1.807) is 6.92 Å². The highest BCUT2D eigenvalue weighted by Crippen LogP contribution is 2.34. The number of nitrogens with zero attached hydrogens (tertiary/aromatic N) is 2. The number of hydrogen-bond donors (Lipinski definition) is 0. The van der Waals surface area contributed by atoms with Gasteiger partial charge < -0.3 is 4.90 Å². The molecule has 23 heavy (non-hydrogen) atoms. The van der Waals surface area contributed by atoms with Crippen LogP contribution in [0.5, 0.6) is 0 Å². The molecule has 0 amide bonds. The van der Waals surface area contributed by atoms with Crippen molar-refractivity contribution >= 4 is 22.5 Å². The molecule has 0 fully saturated rings. The lowest BCUT2D eigenvalue weighted by molar-refractivity contribution is 0.101. The van der Waals surface area contributed by atoms with E-state index < -0.39 is 0 Å². The number of hydrogen-bond acceptors (Lipinski definition) is 3. The van der Waals surface area contributed by atoms with Gasteiger partial charge >= 0.3 is 0 Å². The molecule has 1 aromatic carbocycles. The molecule has 3 rings (SSSR count). The van der Waals surface area contributed by atoms with Crippen molar-refractivity contribution < 1.29 is 4.79 Å². The Labute approximate surface area is 138 Å². The molecule has 3 nitrogen and oxygen atoms in total. The molecule has 0 aliphatic heterocycles. The van der Waals surface area contributed by atoms with Crippen molar-refractivity contribution in [2.24, 2.45) is 0 Å². The van der Waals surface area contributed by atoms with E-state index in [4.69, 9.17) is 4.98 Å². The largest absolute Gasteiger partial charge is 0.357 e. The molecule has 3 heteroatoms. The number of Topliss-reactive ketones (excluding diaryl/α,β-unsaturated/α-hetero) is 1. The van der Waals surface area contributed by atoms with Gasteiger partial charge in [-0.25, -0.2) is 4.98 Å². The van der Waals surface area contributed by atoms with Crippen molar-refractivity contribution in [3.63, 3.8) is 0 Å². The fourth-order valence-corrected chi connectivity index (χ4v) is 3.88. The SMILES string of the molecule is CCN(CC)c1nc2c3c(ccc2c(C)c1C(C)=O)CCCC3. The zero-order valence-corrected chi connectivity index (χ0v) is 14.7. The highest BCUT2D eigenvalue weighted by atomic mass is 16.1. The van der Waals surface area contributed by atoms with E-state index in [-0.39, 0.29) is 5.78 Å². The van der Waals surface area contributed by atoms with Gasteiger partial charge in [0.25, 0.3) is 0 Å². The molecule has 0 atom stereocenters. The number of aryl methyl sites for hydroxylation is 3. The lowest BCUT2D eigenvalue weighted by atomic mass is 9.88. The fraction of sp³-hybridized carbons (Fsp3) is 0.500. The van der Waals surface area contributed by atoms with Crippen LogP contribution in [0.15, 0.2) is 12.1 Å². The van der Waals surface area contributed by atoms with Crippen LogP contribution in [0.4, 0.5) is 5.82 Å². The second-order valence-corrected chi connectivity index (χ2v) is 6.47. The predicted molar refractivity (Wildman–Crippen MR) is 96.7 cm³/mol. The Morgan fingerprint density at radius 2 is 1.87 bits per heavy atom. The van der Waals surface area contributed by atoms with Crippen LogP contribution in [0.25, 0.3) is 10.9 Å². The van der Waals surface area contributed by atoms with Crippen LogP contribution in [0.3, 0.4) is 0 Å². The number of ketones is 1. The fourth-order valence-electron chi connectivity index (χ4n) is 3.88. The summed E-state index contributed by atoms with van der Waals surface area (Å²) in [5.74, 6) is 0.975. The number of aromatic nitrogens is 1. The number of anilines is 1. The zero-order chi connectivity index (χ0) is 16.6. The van der Waals surface area contributed by atoms with Gasteiger partial charge in [0.05, 0.1) is 11.1 Å². The maximum Gasteiger partial charge on any atom is 0.163 e. The third kappa shape index (κ3) is 2.62. The highest BCUT2D eigenvalue weighted by Gasteiger charge is 2.22. The van der Waals surface area contributed by atoms with Crippen molar-refractivity contribution in [3.8, 4) is 0 Å². The van der Waals surface area contributed by atoms with Crippen molar-refractivity contribution in [1.82, 2.24) is 4.98 Å². The number of fused-ring (bicyclic) bond motifs is 3. The Hall–Kier alpha value is -1.90. The molecular weight excluding hydrogens is 284 g/mol. The van der Waals surface area contributed by atoms with E-state index in [0.717, 1.165) is 53.8 Å². The van der Waals surface area contributed by atoms with Gasteiger partial charge in [0, 0.05) is 18.5 Å². The van der Waals surface area contributed by atoms with Gasteiger partial charge in [-0.3, -0.25) is 4.79 Å². The molecule has 1 aliphatic carbocycles. The van der Waals surface area contributed by atoms with Gasteiger partial charge in [0.2, 0.25) is 0 Å². The second-order valence-electron chi connectivity index (χ2n) is 6.47. The van der Waals surface area contributed by atoms with Crippen LogP contribution in [0.1, 0.15) is 60.7 Å². The lowest BCUT2D eigenvalue weighted by Crippen LogP contribution is -2.26. The third-order valence-electron chi connectivity index (χ3n) is 5.14. The minimum atomic E-state index is 0.108. The monoisotopic (exact) mass is 310 g/mol. The topological polar surface area (TPSA) is 33.2 Å². The molecule has 0 unspecified atom stereocenters. The number of benzene rings is 1. The first-order valence-electron chi connectivity index (χ1n) is 8.79. The minimum absolute atomic E-state index is 0.108. The summed E-state index contributed by atoms with van der Waals surface area (Å²) >= 11 is 0. The quantitative estimate of drug-likeness (QED) is 0.781. The van der Waals surface area contributed by atoms with Gasteiger partial charge in [-0.05, 0) is 70.1 Å². The molecule has 0 N–H and O–H groups in total. The summed E-state index contributed by atoms with van der Waals surface area (Å²) in [5, 5.41) is 1.15. The number of rotatable bonds is 4. The summed E-state index contributed by atoms with van der Waals surface area (Å²) in [7, 11) is 0. The van der Waals surface area contributed by atoms with Crippen LogP contribution in [-0.2, 0) is 12.8 Å². The molecule has 0 radical (unpaired) electrons. The van der Waals surface area contributed by atoms with Crippen LogP contribution >= 0.6 is 0 Å². The Bertz CT molecular complexity index is 760. The van der Waals surface area contributed by atoms with E-state index in [9.17, 15) is 4.79 Å². The van der Waals surface area contributed by atoms with Gasteiger partial charge in [-0.15, -0.1) is 0 Å². The van der Waals surface area contributed by atoms with Crippen molar-refractivity contribution in [3.05, 3.63) is 34.4 Å². The molecule has 2 aromatic rings. The van der Waals surface area contributed by atoms with Crippen LogP contribution in [-0.4, -0.2) is 23.9 Å². The van der Waals surface area contributed by atoms with E-state index in [0.29, 0.717) is 0 Å². The molecule has 0 saturated heterocycles. The summed E-state index contributed by atoms with van der Waals surface area (Å²) in [6.45, 7) is 9.70. The van der Waals surface area contributed by atoms with Crippen molar-refractivity contribution in [1.29, 1.82) is 0 Å². The Morgan fingerprint density at radius 1 is 1.17 bits per heavy atom. The van der Waals surface area contributed by atoms with E-state index in [2.05, 4.69) is 37.8 Å². The third-order valence-corrected chi connectivity index (χ3v) is 5.14. The second kappa shape index (κ2) is 6.31. The van der Waals surface area contributed by atoms with Crippen molar-refractivity contribution in [2.45, 2.75) is 53.4 Å². The molecule has 1 aliphatic rings. The number of carbonyl (C=O) groups is 1. The van der Waals surface area contributed by atoms with Crippen molar-refractivity contribution in [2.75, 3.05) is 18.0 Å². The number of pyridine rings is 1.